The maximum absolute atomic E-state index is 12.2. The number of carbonyl (C=O) groups excluding carboxylic acids is 1. The topological polar surface area (TPSA) is 54.0 Å². The predicted octanol–water partition coefficient (Wildman–Crippen LogP) is 4.72. The number of halogens is 1. The molecule has 1 heterocycles. The molecule has 5 heteroatoms. The maximum Gasteiger partial charge on any atom is 0.270 e. The van der Waals surface area contributed by atoms with Gasteiger partial charge in [0.05, 0.1) is 11.9 Å². The van der Waals surface area contributed by atoms with Gasteiger partial charge in [-0.1, -0.05) is 41.4 Å². The zero-order valence-corrected chi connectivity index (χ0v) is 14.5. The van der Waals surface area contributed by atoms with E-state index < -0.39 is 0 Å². The van der Waals surface area contributed by atoms with Crippen molar-refractivity contribution in [2.24, 2.45) is 0 Å². The largest absolute Gasteiger partial charge is 0.354 e. The fraction of sp³-hybridized carbons (Fsp3) is 0.100. The van der Waals surface area contributed by atoms with Crippen molar-refractivity contribution in [3.63, 3.8) is 0 Å². The van der Waals surface area contributed by atoms with Crippen LogP contribution in [0.2, 0.25) is 5.02 Å². The third-order valence-corrected chi connectivity index (χ3v) is 3.95. The summed E-state index contributed by atoms with van der Waals surface area (Å²) in [5.41, 5.74) is 4.38. The molecular weight excluding hydrogens is 334 g/mol. The number of hydrogen-bond donors (Lipinski definition) is 2. The molecule has 0 spiro atoms. The fourth-order valence-electron chi connectivity index (χ4n) is 2.28. The average molecular weight is 352 g/mol. The second-order valence-electron chi connectivity index (χ2n) is 5.73. The highest BCUT2D eigenvalue weighted by atomic mass is 35.5. The lowest BCUT2D eigenvalue weighted by atomic mass is 10.2. The minimum absolute atomic E-state index is 0.211. The van der Waals surface area contributed by atoms with Gasteiger partial charge in [-0.15, -0.1) is 0 Å². The fourth-order valence-corrected chi connectivity index (χ4v) is 2.41. The molecule has 3 rings (SSSR count). The van der Waals surface area contributed by atoms with Crippen molar-refractivity contribution in [1.29, 1.82) is 0 Å². The van der Waals surface area contributed by atoms with Crippen molar-refractivity contribution >= 4 is 28.9 Å². The molecule has 2 N–H and O–H groups in total. The van der Waals surface area contributed by atoms with E-state index in [0.29, 0.717) is 17.3 Å². The van der Waals surface area contributed by atoms with Crippen LogP contribution in [0.5, 0.6) is 0 Å². The van der Waals surface area contributed by atoms with Gasteiger partial charge < -0.3 is 10.6 Å². The van der Waals surface area contributed by atoms with Crippen LogP contribution in [0.3, 0.4) is 0 Å². The maximum atomic E-state index is 12.2. The van der Waals surface area contributed by atoms with Gasteiger partial charge in [0, 0.05) is 17.3 Å². The highest BCUT2D eigenvalue weighted by Crippen LogP contribution is 2.16. The quantitative estimate of drug-likeness (QED) is 0.699. The average Bonchev–Trinajstić information content (AvgIpc) is 2.63. The molecule has 0 aliphatic carbocycles. The number of hydrogen-bond acceptors (Lipinski definition) is 3. The highest BCUT2D eigenvalue weighted by molar-refractivity contribution is 6.30. The summed E-state index contributed by atoms with van der Waals surface area (Å²) in [5, 5.41) is 6.77. The van der Waals surface area contributed by atoms with E-state index in [2.05, 4.69) is 15.6 Å². The van der Waals surface area contributed by atoms with Crippen molar-refractivity contribution < 1.29 is 4.79 Å². The van der Waals surface area contributed by atoms with Crippen LogP contribution in [-0.4, -0.2) is 10.9 Å². The molecule has 0 bridgehead atoms. The van der Waals surface area contributed by atoms with E-state index in [4.69, 9.17) is 11.6 Å². The monoisotopic (exact) mass is 351 g/mol. The van der Waals surface area contributed by atoms with E-state index in [0.717, 1.165) is 16.9 Å². The molecule has 25 heavy (non-hydrogen) atoms. The predicted molar refractivity (Wildman–Crippen MR) is 101 cm³/mol. The first-order valence-electron chi connectivity index (χ1n) is 7.92. The molecule has 4 nitrogen and oxygen atoms in total. The molecule has 0 unspecified atom stereocenters. The molecule has 0 aliphatic heterocycles. The lowest BCUT2D eigenvalue weighted by molar-refractivity contribution is 0.0946. The minimum atomic E-state index is -0.211. The summed E-state index contributed by atoms with van der Waals surface area (Å²) < 4.78 is 0. The summed E-state index contributed by atoms with van der Waals surface area (Å²) in [6, 6.07) is 19.0. The summed E-state index contributed by atoms with van der Waals surface area (Å²) in [7, 11) is 0. The standard InChI is InChI=1S/C20H18ClN3O/c1-14-2-8-17(9-3-14)24-18-10-11-19(22-13-18)20(25)23-12-15-4-6-16(21)7-5-15/h2-11,13,24H,12H2,1H3,(H,23,25). The van der Waals surface area contributed by atoms with E-state index in [9.17, 15) is 4.79 Å². The third kappa shape index (κ3) is 4.81. The molecule has 2 aromatic carbocycles. The Morgan fingerprint density at radius 3 is 2.28 bits per heavy atom. The second-order valence-corrected chi connectivity index (χ2v) is 6.17. The van der Waals surface area contributed by atoms with Gasteiger partial charge in [-0.3, -0.25) is 4.79 Å². The van der Waals surface area contributed by atoms with Crippen LogP contribution in [0.15, 0.2) is 66.9 Å². The van der Waals surface area contributed by atoms with Crippen LogP contribution in [0.25, 0.3) is 0 Å². The lowest BCUT2D eigenvalue weighted by Crippen LogP contribution is -2.23. The number of aromatic nitrogens is 1. The molecule has 0 atom stereocenters. The number of pyridine rings is 1. The van der Waals surface area contributed by atoms with Crippen molar-refractivity contribution in [3.8, 4) is 0 Å². The van der Waals surface area contributed by atoms with Gasteiger partial charge in [0.1, 0.15) is 5.69 Å². The van der Waals surface area contributed by atoms with Crippen LogP contribution in [-0.2, 0) is 6.54 Å². The molecule has 0 fully saturated rings. The van der Waals surface area contributed by atoms with E-state index in [-0.39, 0.29) is 5.91 Å². The number of rotatable bonds is 5. The van der Waals surface area contributed by atoms with Crippen molar-refractivity contribution in [1.82, 2.24) is 10.3 Å². The van der Waals surface area contributed by atoms with Crippen LogP contribution < -0.4 is 10.6 Å². The van der Waals surface area contributed by atoms with Crippen molar-refractivity contribution in [2.75, 3.05) is 5.32 Å². The highest BCUT2D eigenvalue weighted by Gasteiger charge is 2.07. The Morgan fingerprint density at radius 1 is 0.960 bits per heavy atom. The van der Waals surface area contributed by atoms with E-state index in [1.165, 1.54) is 5.56 Å². The summed E-state index contributed by atoms with van der Waals surface area (Å²) >= 11 is 5.85. The second kappa shape index (κ2) is 7.81. The molecule has 0 saturated carbocycles. The molecular formula is C20H18ClN3O. The first-order chi connectivity index (χ1) is 12.1. The Hall–Kier alpha value is -2.85. The number of aryl methyl sites for hydroxylation is 1. The number of carbonyl (C=O) groups is 1. The molecule has 0 saturated heterocycles. The number of nitrogens with one attached hydrogen (secondary N) is 2. The molecule has 1 amide bonds. The van der Waals surface area contributed by atoms with Crippen molar-refractivity contribution in [3.05, 3.63) is 88.7 Å². The van der Waals surface area contributed by atoms with Gasteiger partial charge in [-0.25, -0.2) is 4.98 Å². The Morgan fingerprint density at radius 2 is 1.64 bits per heavy atom. The van der Waals surface area contributed by atoms with Crippen molar-refractivity contribution in [2.45, 2.75) is 13.5 Å². The number of nitrogens with zero attached hydrogens (tertiary/aromatic N) is 1. The van der Waals surface area contributed by atoms with Gasteiger partial charge in [0.15, 0.2) is 0 Å². The van der Waals surface area contributed by atoms with Gasteiger partial charge in [-0.05, 0) is 48.9 Å². The molecule has 0 radical (unpaired) electrons. The zero-order chi connectivity index (χ0) is 17.6. The smallest absolute Gasteiger partial charge is 0.270 e. The van der Waals surface area contributed by atoms with E-state index in [1.807, 2.05) is 49.4 Å². The number of amides is 1. The first kappa shape index (κ1) is 17.0. The lowest BCUT2D eigenvalue weighted by Gasteiger charge is -2.08. The van der Waals surface area contributed by atoms with E-state index in [1.54, 1.807) is 24.4 Å². The summed E-state index contributed by atoms with van der Waals surface area (Å²) in [5.74, 6) is -0.211. The van der Waals surface area contributed by atoms with E-state index >= 15 is 0 Å². The van der Waals surface area contributed by atoms with Gasteiger partial charge in [-0.2, -0.15) is 0 Å². The van der Waals surface area contributed by atoms with Crippen LogP contribution in [0, 0.1) is 6.92 Å². The Kier molecular flexibility index (Phi) is 5.31. The minimum Gasteiger partial charge on any atom is -0.354 e. The normalized spacial score (nSPS) is 10.3. The number of anilines is 2. The molecule has 1 aromatic heterocycles. The Labute approximate surface area is 151 Å². The van der Waals surface area contributed by atoms with Crippen LogP contribution >= 0.6 is 11.6 Å². The molecule has 0 aliphatic rings. The SMILES string of the molecule is Cc1ccc(Nc2ccc(C(=O)NCc3ccc(Cl)cc3)nc2)cc1. The Balaban J connectivity index is 1.58. The van der Waals surface area contributed by atoms with Crippen LogP contribution in [0.4, 0.5) is 11.4 Å². The van der Waals surface area contributed by atoms with Gasteiger partial charge in [0.2, 0.25) is 0 Å². The summed E-state index contributed by atoms with van der Waals surface area (Å²) in [4.78, 5) is 16.4. The first-order valence-corrected chi connectivity index (χ1v) is 8.30. The summed E-state index contributed by atoms with van der Waals surface area (Å²) in [6.07, 6.45) is 1.65. The third-order valence-electron chi connectivity index (χ3n) is 3.70. The molecule has 126 valence electrons. The molecule has 3 aromatic rings. The van der Waals surface area contributed by atoms with Crippen LogP contribution in [0.1, 0.15) is 21.6 Å². The number of benzene rings is 2. The zero-order valence-electron chi connectivity index (χ0n) is 13.8. The van der Waals surface area contributed by atoms with Gasteiger partial charge >= 0.3 is 0 Å². The van der Waals surface area contributed by atoms with Gasteiger partial charge in [0.25, 0.3) is 5.91 Å². The Bertz CT molecular complexity index is 844. The summed E-state index contributed by atoms with van der Waals surface area (Å²) in [6.45, 7) is 2.48.